The first-order valence-electron chi connectivity index (χ1n) is 7.48. The van der Waals surface area contributed by atoms with Crippen molar-refractivity contribution in [2.45, 2.75) is 11.3 Å². The minimum atomic E-state index is -3.41. The SMILES string of the molecule is CS(=O)(=O)c1ccc(/C(=C(/CCO)C(=O)O)c2ccc(F)c(Cl)c2)cc1. The van der Waals surface area contributed by atoms with E-state index in [1.807, 2.05) is 0 Å². The van der Waals surface area contributed by atoms with Crippen LogP contribution in [0.2, 0.25) is 5.02 Å². The molecule has 0 amide bonds. The van der Waals surface area contributed by atoms with E-state index in [9.17, 15) is 27.8 Å². The second-order valence-corrected chi connectivity index (χ2v) is 7.98. The van der Waals surface area contributed by atoms with Crippen molar-refractivity contribution in [2.75, 3.05) is 12.9 Å². The van der Waals surface area contributed by atoms with E-state index >= 15 is 0 Å². The van der Waals surface area contributed by atoms with Gasteiger partial charge in [0.1, 0.15) is 5.82 Å². The summed E-state index contributed by atoms with van der Waals surface area (Å²) in [5.74, 6) is -1.90. The van der Waals surface area contributed by atoms with E-state index < -0.39 is 28.2 Å². The van der Waals surface area contributed by atoms with E-state index in [0.29, 0.717) is 11.1 Å². The van der Waals surface area contributed by atoms with Gasteiger partial charge in [0, 0.05) is 24.9 Å². The van der Waals surface area contributed by atoms with Crippen molar-refractivity contribution in [3.8, 4) is 0 Å². The Balaban J connectivity index is 2.73. The molecule has 2 N–H and O–H groups in total. The molecule has 0 unspecified atom stereocenters. The first-order chi connectivity index (χ1) is 12.1. The van der Waals surface area contributed by atoms with Crippen LogP contribution in [0, 0.1) is 5.82 Å². The zero-order chi connectivity index (χ0) is 19.5. The number of aliphatic carboxylic acids is 1. The zero-order valence-corrected chi connectivity index (χ0v) is 15.3. The molecule has 2 aromatic rings. The van der Waals surface area contributed by atoms with Gasteiger partial charge in [0.05, 0.1) is 9.92 Å². The number of hydrogen-bond acceptors (Lipinski definition) is 4. The number of aliphatic hydroxyl groups is 1. The summed E-state index contributed by atoms with van der Waals surface area (Å²) < 4.78 is 36.7. The van der Waals surface area contributed by atoms with Crippen LogP contribution in [-0.2, 0) is 14.6 Å². The standard InChI is InChI=1S/C18H16ClFO5S/c1-26(24,25)13-5-2-11(3-6-13)17(14(8-9-21)18(22)23)12-4-7-16(20)15(19)10-12/h2-7,10,21H,8-9H2,1H3,(H,22,23)/b17-14+. The van der Waals surface area contributed by atoms with E-state index in [-0.39, 0.29) is 27.5 Å². The Labute approximate surface area is 155 Å². The van der Waals surface area contributed by atoms with Gasteiger partial charge in [-0.3, -0.25) is 0 Å². The first-order valence-corrected chi connectivity index (χ1v) is 9.75. The van der Waals surface area contributed by atoms with Crippen molar-refractivity contribution < 1.29 is 27.8 Å². The molecule has 0 aliphatic rings. The summed E-state index contributed by atoms with van der Waals surface area (Å²) in [6.07, 6.45) is 0.917. The van der Waals surface area contributed by atoms with Gasteiger partial charge < -0.3 is 10.2 Å². The van der Waals surface area contributed by atoms with Crippen LogP contribution in [0.5, 0.6) is 0 Å². The molecule has 0 aromatic heterocycles. The highest BCUT2D eigenvalue weighted by Gasteiger charge is 2.19. The molecule has 2 rings (SSSR count). The molecule has 0 atom stereocenters. The summed E-state index contributed by atoms with van der Waals surface area (Å²) in [5.41, 5.74) is 0.885. The normalized spacial score (nSPS) is 12.6. The molecular weight excluding hydrogens is 383 g/mol. The van der Waals surface area contributed by atoms with Gasteiger partial charge in [-0.05, 0) is 41.0 Å². The third kappa shape index (κ3) is 4.49. The minimum absolute atomic E-state index is 0.0803. The molecule has 0 fully saturated rings. The second kappa shape index (κ2) is 7.99. The molecular formula is C18H16ClFO5S. The van der Waals surface area contributed by atoms with Crippen molar-refractivity contribution in [3.63, 3.8) is 0 Å². The molecule has 0 saturated heterocycles. The van der Waals surface area contributed by atoms with Crippen molar-refractivity contribution >= 4 is 33.0 Å². The lowest BCUT2D eigenvalue weighted by Crippen LogP contribution is -2.08. The van der Waals surface area contributed by atoms with Gasteiger partial charge in [-0.1, -0.05) is 29.8 Å². The molecule has 0 heterocycles. The number of aliphatic hydroxyl groups excluding tert-OH is 1. The van der Waals surface area contributed by atoms with Crippen molar-refractivity contribution in [3.05, 3.63) is 70.0 Å². The maximum Gasteiger partial charge on any atom is 0.332 e. The van der Waals surface area contributed by atoms with Gasteiger partial charge >= 0.3 is 5.97 Å². The lowest BCUT2D eigenvalue weighted by Gasteiger charge is -2.14. The molecule has 0 bridgehead atoms. The van der Waals surface area contributed by atoms with Crippen LogP contribution >= 0.6 is 11.6 Å². The second-order valence-electron chi connectivity index (χ2n) is 5.56. The number of hydrogen-bond donors (Lipinski definition) is 2. The van der Waals surface area contributed by atoms with Crippen LogP contribution in [0.25, 0.3) is 5.57 Å². The van der Waals surface area contributed by atoms with Gasteiger partial charge in [0.25, 0.3) is 0 Å². The summed E-state index contributed by atoms with van der Waals surface area (Å²) in [6, 6.07) is 9.41. The largest absolute Gasteiger partial charge is 0.478 e. The Morgan fingerprint density at radius 3 is 2.15 bits per heavy atom. The molecule has 26 heavy (non-hydrogen) atoms. The third-order valence-corrected chi connectivity index (χ3v) is 5.12. The van der Waals surface area contributed by atoms with Crippen LogP contribution in [0.15, 0.2) is 52.9 Å². The van der Waals surface area contributed by atoms with E-state index in [1.54, 1.807) is 0 Å². The predicted molar refractivity (Wildman–Crippen MR) is 96.3 cm³/mol. The van der Waals surface area contributed by atoms with Crippen LogP contribution in [0.4, 0.5) is 4.39 Å². The number of carbonyl (C=O) groups is 1. The van der Waals surface area contributed by atoms with E-state index in [0.717, 1.165) is 12.3 Å². The number of sulfone groups is 1. The fourth-order valence-corrected chi connectivity index (χ4v) is 3.30. The van der Waals surface area contributed by atoms with Gasteiger partial charge in [0.2, 0.25) is 0 Å². The minimum Gasteiger partial charge on any atom is -0.478 e. The maximum atomic E-state index is 13.5. The molecule has 0 radical (unpaired) electrons. The highest BCUT2D eigenvalue weighted by atomic mass is 35.5. The lowest BCUT2D eigenvalue weighted by molar-refractivity contribution is -0.132. The summed E-state index contributed by atoms with van der Waals surface area (Å²) in [5, 5.41) is 18.6. The van der Waals surface area contributed by atoms with Gasteiger partial charge in [0.15, 0.2) is 9.84 Å². The van der Waals surface area contributed by atoms with E-state index in [2.05, 4.69) is 0 Å². The Morgan fingerprint density at radius 2 is 1.69 bits per heavy atom. The smallest absolute Gasteiger partial charge is 0.332 e. The van der Waals surface area contributed by atoms with E-state index in [1.165, 1.54) is 36.4 Å². The van der Waals surface area contributed by atoms with Crippen LogP contribution < -0.4 is 0 Å². The van der Waals surface area contributed by atoms with Crippen molar-refractivity contribution in [2.24, 2.45) is 0 Å². The number of benzene rings is 2. The lowest BCUT2D eigenvalue weighted by atomic mass is 9.91. The summed E-state index contributed by atoms with van der Waals surface area (Å²) in [4.78, 5) is 11.8. The summed E-state index contributed by atoms with van der Waals surface area (Å²) in [7, 11) is -3.41. The average Bonchev–Trinajstić information content (AvgIpc) is 2.57. The zero-order valence-electron chi connectivity index (χ0n) is 13.7. The fourth-order valence-electron chi connectivity index (χ4n) is 2.49. The number of rotatable bonds is 6. The quantitative estimate of drug-likeness (QED) is 0.729. The Bertz CT molecular complexity index is 966. The van der Waals surface area contributed by atoms with Crippen LogP contribution in [0.1, 0.15) is 17.5 Å². The maximum absolute atomic E-state index is 13.5. The van der Waals surface area contributed by atoms with Crippen molar-refractivity contribution in [1.29, 1.82) is 0 Å². The number of carboxylic acids is 1. The van der Waals surface area contributed by atoms with Gasteiger partial charge in [-0.2, -0.15) is 0 Å². The Hall–Kier alpha value is -2.22. The van der Waals surface area contributed by atoms with Crippen LogP contribution in [-0.4, -0.2) is 37.5 Å². The first kappa shape index (κ1) is 20.1. The third-order valence-electron chi connectivity index (χ3n) is 3.70. The van der Waals surface area contributed by atoms with E-state index in [4.69, 9.17) is 11.6 Å². The topological polar surface area (TPSA) is 91.7 Å². The molecule has 2 aromatic carbocycles. The molecule has 0 aliphatic carbocycles. The Morgan fingerprint density at radius 1 is 1.12 bits per heavy atom. The monoisotopic (exact) mass is 398 g/mol. The van der Waals surface area contributed by atoms with Crippen molar-refractivity contribution in [1.82, 2.24) is 0 Å². The molecule has 0 spiro atoms. The molecule has 0 saturated carbocycles. The highest BCUT2D eigenvalue weighted by Crippen LogP contribution is 2.31. The Kier molecular flexibility index (Phi) is 6.17. The molecule has 8 heteroatoms. The predicted octanol–water partition coefficient (Wildman–Crippen LogP) is 3.15. The fraction of sp³-hybridized carbons (Fsp3) is 0.167. The summed E-state index contributed by atoms with van der Waals surface area (Å²) in [6.45, 7) is -0.401. The average molecular weight is 399 g/mol. The number of halogens is 2. The summed E-state index contributed by atoms with van der Waals surface area (Å²) >= 11 is 5.82. The molecule has 5 nitrogen and oxygen atoms in total. The highest BCUT2D eigenvalue weighted by molar-refractivity contribution is 7.90. The molecule has 138 valence electrons. The van der Waals surface area contributed by atoms with Gasteiger partial charge in [-0.15, -0.1) is 0 Å². The van der Waals surface area contributed by atoms with Crippen LogP contribution in [0.3, 0.4) is 0 Å². The van der Waals surface area contributed by atoms with Gasteiger partial charge in [-0.25, -0.2) is 17.6 Å². The number of carboxylic acid groups (broad SMARTS) is 1. The molecule has 0 aliphatic heterocycles.